The summed E-state index contributed by atoms with van der Waals surface area (Å²) < 4.78 is 0. The van der Waals surface area contributed by atoms with Crippen molar-refractivity contribution < 1.29 is 14.8 Å². The number of H-pyrrole nitrogens is 1. The third-order valence-corrected chi connectivity index (χ3v) is 3.28. The van der Waals surface area contributed by atoms with Gasteiger partial charge in [0, 0.05) is 17.8 Å². The molecule has 0 radical (unpaired) electrons. The van der Waals surface area contributed by atoms with Crippen molar-refractivity contribution in [2.45, 2.75) is 5.16 Å². The van der Waals surface area contributed by atoms with Gasteiger partial charge in [-0.25, -0.2) is 0 Å². The van der Waals surface area contributed by atoms with Crippen LogP contribution in [0.1, 0.15) is 0 Å². The first kappa shape index (κ1) is 15.5. The average molecular weight is 322 g/mol. The van der Waals surface area contributed by atoms with Gasteiger partial charge in [-0.15, -0.1) is 0 Å². The number of benzene rings is 1. The number of nitro groups is 1. The number of carbonyl (C=O) groups excluding carboxylic acids is 1. The highest BCUT2D eigenvalue weighted by Crippen LogP contribution is 2.17. The lowest BCUT2D eigenvalue weighted by molar-refractivity contribution is -0.384. The second kappa shape index (κ2) is 6.72. The Labute approximate surface area is 127 Å². The van der Waals surface area contributed by atoms with Crippen LogP contribution in [0.2, 0.25) is 0 Å². The van der Waals surface area contributed by atoms with Crippen LogP contribution in [-0.4, -0.2) is 31.7 Å². The highest BCUT2D eigenvalue weighted by Gasteiger charge is 2.08. The van der Waals surface area contributed by atoms with Gasteiger partial charge < -0.3 is 15.4 Å². The lowest BCUT2D eigenvalue weighted by atomic mass is 10.3. The predicted molar refractivity (Wildman–Crippen MR) is 79.0 cm³/mol. The molecule has 0 saturated heterocycles. The molecular formula is C12H10N4O5S. The van der Waals surface area contributed by atoms with Crippen LogP contribution in [0.3, 0.4) is 0 Å². The van der Waals surface area contributed by atoms with Crippen LogP contribution < -0.4 is 10.9 Å². The largest absolute Gasteiger partial charge is 0.493 e. The number of nitro benzene ring substituents is 1. The van der Waals surface area contributed by atoms with Gasteiger partial charge in [0.15, 0.2) is 5.16 Å². The Morgan fingerprint density at radius 2 is 2.09 bits per heavy atom. The van der Waals surface area contributed by atoms with Gasteiger partial charge in [0.05, 0.1) is 16.7 Å². The summed E-state index contributed by atoms with van der Waals surface area (Å²) in [6, 6.07) is 6.29. The number of hydrogen-bond donors (Lipinski definition) is 3. The summed E-state index contributed by atoms with van der Waals surface area (Å²) >= 11 is 0.937. The molecule has 9 nitrogen and oxygen atoms in total. The number of nitrogens with one attached hydrogen (secondary N) is 2. The van der Waals surface area contributed by atoms with E-state index >= 15 is 0 Å². The highest BCUT2D eigenvalue weighted by molar-refractivity contribution is 7.99. The van der Waals surface area contributed by atoms with Crippen LogP contribution >= 0.6 is 11.8 Å². The Hall–Kier alpha value is -2.88. The van der Waals surface area contributed by atoms with Gasteiger partial charge in [-0.1, -0.05) is 11.8 Å². The zero-order valence-corrected chi connectivity index (χ0v) is 11.8. The monoisotopic (exact) mass is 322 g/mol. The minimum atomic E-state index is -0.536. The molecule has 3 N–H and O–H groups in total. The molecule has 1 aromatic heterocycles. The standard InChI is InChI=1S/C12H10N4O5S/c17-9-5-10(18)15-12(14-9)22-6-11(19)13-7-1-3-8(4-2-7)16(20)21/h1-5H,6H2,(H,13,19)(H2,14,15,17,18). The molecule has 10 heteroatoms. The number of amides is 1. The summed E-state index contributed by atoms with van der Waals surface area (Å²) in [4.78, 5) is 38.8. The van der Waals surface area contributed by atoms with Crippen molar-refractivity contribution in [2.24, 2.45) is 0 Å². The second-order valence-corrected chi connectivity index (χ2v) is 5.01. The van der Waals surface area contributed by atoms with E-state index in [4.69, 9.17) is 5.11 Å². The van der Waals surface area contributed by atoms with E-state index in [2.05, 4.69) is 15.3 Å². The van der Waals surface area contributed by atoms with Crippen molar-refractivity contribution in [3.63, 3.8) is 0 Å². The maximum atomic E-state index is 11.7. The molecule has 0 fully saturated rings. The van der Waals surface area contributed by atoms with E-state index in [1.54, 1.807) is 0 Å². The fourth-order valence-electron chi connectivity index (χ4n) is 1.49. The number of anilines is 1. The number of aromatic amines is 1. The third-order valence-electron chi connectivity index (χ3n) is 2.41. The van der Waals surface area contributed by atoms with E-state index in [1.807, 2.05) is 0 Å². The van der Waals surface area contributed by atoms with Crippen molar-refractivity contribution in [3.8, 4) is 5.88 Å². The molecule has 0 aliphatic rings. The minimum Gasteiger partial charge on any atom is -0.493 e. The predicted octanol–water partition coefficient (Wildman–Crippen LogP) is 1.11. The van der Waals surface area contributed by atoms with Gasteiger partial charge in [0.1, 0.15) is 0 Å². The summed E-state index contributed by atoms with van der Waals surface area (Å²) in [6.45, 7) is 0. The van der Waals surface area contributed by atoms with Crippen molar-refractivity contribution in [1.82, 2.24) is 9.97 Å². The van der Waals surface area contributed by atoms with Crippen LogP contribution in [0.25, 0.3) is 0 Å². The normalized spacial score (nSPS) is 10.2. The summed E-state index contributed by atoms with van der Waals surface area (Å²) in [5.41, 5.74) is -0.187. The highest BCUT2D eigenvalue weighted by atomic mass is 32.2. The Morgan fingerprint density at radius 3 is 2.68 bits per heavy atom. The van der Waals surface area contributed by atoms with E-state index < -0.39 is 16.4 Å². The number of rotatable bonds is 5. The summed E-state index contributed by atoms with van der Waals surface area (Å²) in [5.74, 6) is -0.865. The topological polar surface area (TPSA) is 138 Å². The Kier molecular flexibility index (Phi) is 4.73. The molecule has 1 amide bonds. The molecule has 114 valence electrons. The maximum Gasteiger partial charge on any atom is 0.269 e. The number of hydrogen-bond acceptors (Lipinski definition) is 7. The molecule has 0 aliphatic heterocycles. The first-order valence-electron chi connectivity index (χ1n) is 5.91. The number of non-ortho nitro benzene ring substituents is 1. The van der Waals surface area contributed by atoms with Crippen molar-refractivity contribution in [2.75, 3.05) is 11.1 Å². The van der Waals surface area contributed by atoms with Crippen LogP contribution in [0.5, 0.6) is 5.88 Å². The molecule has 2 aromatic rings. The number of thioether (sulfide) groups is 1. The first-order chi connectivity index (χ1) is 10.4. The lowest BCUT2D eigenvalue weighted by Gasteiger charge is -2.04. The zero-order chi connectivity index (χ0) is 16.1. The summed E-state index contributed by atoms with van der Waals surface area (Å²) in [7, 11) is 0. The van der Waals surface area contributed by atoms with E-state index in [1.165, 1.54) is 24.3 Å². The molecule has 2 rings (SSSR count). The zero-order valence-electron chi connectivity index (χ0n) is 11.0. The molecule has 1 aromatic carbocycles. The fraction of sp³-hybridized carbons (Fsp3) is 0.0833. The smallest absolute Gasteiger partial charge is 0.269 e. The van der Waals surface area contributed by atoms with Crippen molar-refractivity contribution in [1.29, 1.82) is 0 Å². The molecule has 22 heavy (non-hydrogen) atoms. The van der Waals surface area contributed by atoms with Gasteiger partial charge in [0.2, 0.25) is 11.8 Å². The average Bonchev–Trinajstić information content (AvgIpc) is 2.45. The van der Waals surface area contributed by atoms with E-state index in [0.29, 0.717) is 5.69 Å². The van der Waals surface area contributed by atoms with Crippen molar-refractivity contribution >= 4 is 29.0 Å². The Morgan fingerprint density at radius 1 is 1.41 bits per heavy atom. The number of carbonyl (C=O) groups is 1. The maximum absolute atomic E-state index is 11.7. The van der Waals surface area contributed by atoms with Gasteiger partial charge in [-0.3, -0.25) is 19.7 Å². The van der Waals surface area contributed by atoms with Crippen molar-refractivity contribution in [3.05, 3.63) is 50.8 Å². The third kappa shape index (κ3) is 4.31. The molecule has 0 bridgehead atoms. The molecule has 1 heterocycles. The van der Waals surface area contributed by atoms with E-state index in [0.717, 1.165) is 17.8 Å². The fourth-order valence-corrected chi connectivity index (χ4v) is 2.16. The molecule has 0 saturated carbocycles. The van der Waals surface area contributed by atoms with E-state index in [9.17, 15) is 19.7 Å². The molecular weight excluding hydrogens is 312 g/mol. The quantitative estimate of drug-likeness (QED) is 0.324. The Bertz CT molecular complexity index is 759. The number of aromatic hydroxyl groups is 1. The van der Waals surface area contributed by atoms with Gasteiger partial charge in [-0.2, -0.15) is 4.98 Å². The van der Waals surface area contributed by atoms with Gasteiger partial charge >= 0.3 is 0 Å². The van der Waals surface area contributed by atoms with Gasteiger partial charge in [-0.05, 0) is 12.1 Å². The van der Waals surface area contributed by atoms with Crippen LogP contribution in [0.4, 0.5) is 11.4 Å². The molecule has 0 aliphatic carbocycles. The number of aromatic nitrogens is 2. The SMILES string of the molecule is O=C(CSc1nc(O)cc(=O)[nH]1)Nc1ccc([N+](=O)[O-])cc1. The van der Waals surface area contributed by atoms with Gasteiger partial charge in [0.25, 0.3) is 11.2 Å². The summed E-state index contributed by atoms with van der Waals surface area (Å²) in [5, 5.41) is 22.3. The number of nitrogens with zero attached hydrogens (tertiary/aromatic N) is 2. The Balaban J connectivity index is 1.92. The van der Waals surface area contributed by atoms with Crippen LogP contribution in [-0.2, 0) is 4.79 Å². The molecule has 0 spiro atoms. The first-order valence-corrected chi connectivity index (χ1v) is 6.90. The molecule has 0 unspecified atom stereocenters. The summed E-state index contributed by atoms with van der Waals surface area (Å²) in [6.07, 6.45) is 0. The van der Waals surface area contributed by atoms with Crippen LogP contribution in [0, 0.1) is 10.1 Å². The van der Waals surface area contributed by atoms with Crippen LogP contribution in [0.15, 0.2) is 40.3 Å². The van der Waals surface area contributed by atoms with E-state index in [-0.39, 0.29) is 22.5 Å². The lowest BCUT2D eigenvalue weighted by Crippen LogP contribution is -2.15. The minimum absolute atomic E-state index is 0.0522. The molecule has 0 atom stereocenters. The second-order valence-electron chi connectivity index (χ2n) is 4.05.